The molecule has 1 aromatic carbocycles. The van der Waals surface area contributed by atoms with Crippen molar-refractivity contribution in [2.75, 3.05) is 18.4 Å². The molecule has 0 heterocycles. The van der Waals surface area contributed by atoms with E-state index in [0.717, 1.165) is 13.0 Å². The predicted octanol–water partition coefficient (Wildman–Crippen LogP) is 1.32. The normalized spacial score (nSPS) is 9.94. The molecule has 3 N–H and O–H groups in total. The van der Waals surface area contributed by atoms with Gasteiger partial charge in [-0.2, -0.15) is 0 Å². The van der Waals surface area contributed by atoms with Gasteiger partial charge in [0.2, 0.25) is 5.91 Å². The molecule has 0 saturated heterocycles. The summed E-state index contributed by atoms with van der Waals surface area (Å²) in [5, 5.41) is 14.4. The van der Waals surface area contributed by atoms with Crippen molar-refractivity contribution < 1.29 is 14.7 Å². The lowest BCUT2D eigenvalue weighted by molar-refractivity contribution is -0.115. The monoisotopic (exact) mass is 236 g/mol. The Bertz CT molecular complexity index is 404. The van der Waals surface area contributed by atoms with Gasteiger partial charge in [0.05, 0.1) is 12.1 Å². The van der Waals surface area contributed by atoms with E-state index >= 15 is 0 Å². The van der Waals surface area contributed by atoms with E-state index in [1.807, 2.05) is 6.92 Å². The van der Waals surface area contributed by atoms with Crippen molar-refractivity contribution in [3.63, 3.8) is 0 Å². The molecule has 17 heavy (non-hydrogen) atoms. The topological polar surface area (TPSA) is 78.4 Å². The van der Waals surface area contributed by atoms with Gasteiger partial charge in [0.15, 0.2) is 0 Å². The Morgan fingerprint density at radius 3 is 2.76 bits per heavy atom. The van der Waals surface area contributed by atoms with Crippen molar-refractivity contribution in [3.8, 4) is 0 Å². The number of nitrogens with one attached hydrogen (secondary N) is 2. The summed E-state index contributed by atoms with van der Waals surface area (Å²) in [7, 11) is 0. The highest BCUT2D eigenvalue weighted by Gasteiger charge is 2.05. The Morgan fingerprint density at radius 2 is 2.12 bits per heavy atom. The zero-order valence-electron chi connectivity index (χ0n) is 9.69. The molecule has 0 aromatic heterocycles. The number of benzene rings is 1. The van der Waals surface area contributed by atoms with Crippen LogP contribution in [0.1, 0.15) is 23.7 Å². The highest BCUT2D eigenvalue weighted by atomic mass is 16.4. The van der Waals surface area contributed by atoms with E-state index in [9.17, 15) is 9.59 Å². The van der Waals surface area contributed by atoms with Crippen LogP contribution in [-0.4, -0.2) is 30.1 Å². The van der Waals surface area contributed by atoms with Crippen molar-refractivity contribution in [2.24, 2.45) is 0 Å². The van der Waals surface area contributed by atoms with E-state index in [-0.39, 0.29) is 18.0 Å². The summed E-state index contributed by atoms with van der Waals surface area (Å²) < 4.78 is 0. The molecule has 1 amide bonds. The van der Waals surface area contributed by atoms with Gasteiger partial charge in [0.1, 0.15) is 0 Å². The van der Waals surface area contributed by atoms with Crippen LogP contribution in [-0.2, 0) is 4.79 Å². The Hall–Kier alpha value is -1.88. The number of hydrogen-bond acceptors (Lipinski definition) is 3. The minimum absolute atomic E-state index is 0.157. The van der Waals surface area contributed by atoms with Gasteiger partial charge in [-0.05, 0) is 31.2 Å². The maximum Gasteiger partial charge on any atom is 0.335 e. The minimum Gasteiger partial charge on any atom is -0.478 e. The summed E-state index contributed by atoms with van der Waals surface area (Å²) in [5.74, 6) is -1.19. The van der Waals surface area contributed by atoms with Crippen LogP contribution in [0, 0.1) is 0 Å². The molecule has 92 valence electrons. The van der Waals surface area contributed by atoms with E-state index in [2.05, 4.69) is 10.6 Å². The SMILES string of the molecule is CCCNCC(=O)Nc1cccc(C(=O)O)c1. The molecule has 0 atom stereocenters. The van der Waals surface area contributed by atoms with Gasteiger partial charge in [-0.15, -0.1) is 0 Å². The molecule has 0 aliphatic rings. The summed E-state index contributed by atoms with van der Waals surface area (Å²) in [6.45, 7) is 3.02. The predicted molar refractivity (Wildman–Crippen MR) is 65.2 cm³/mol. The number of carbonyl (C=O) groups is 2. The maximum absolute atomic E-state index is 11.4. The molecule has 0 unspecified atom stereocenters. The van der Waals surface area contributed by atoms with E-state index in [4.69, 9.17) is 5.11 Å². The van der Waals surface area contributed by atoms with Crippen molar-refractivity contribution in [1.82, 2.24) is 5.32 Å². The van der Waals surface area contributed by atoms with Gasteiger partial charge >= 0.3 is 5.97 Å². The maximum atomic E-state index is 11.4. The molecular weight excluding hydrogens is 220 g/mol. The number of aromatic carboxylic acids is 1. The fraction of sp³-hybridized carbons (Fsp3) is 0.333. The van der Waals surface area contributed by atoms with E-state index in [1.165, 1.54) is 12.1 Å². The molecule has 0 spiro atoms. The first-order chi connectivity index (χ1) is 8.13. The summed E-state index contributed by atoms with van der Waals surface area (Å²) in [6.07, 6.45) is 0.960. The van der Waals surface area contributed by atoms with Crippen LogP contribution < -0.4 is 10.6 Å². The van der Waals surface area contributed by atoms with E-state index in [0.29, 0.717) is 5.69 Å². The molecule has 0 fully saturated rings. The molecule has 0 aliphatic heterocycles. The van der Waals surface area contributed by atoms with Crippen LogP contribution in [0.4, 0.5) is 5.69 Å². The first kappa shape index (κ1) is 13.2. The lowest BCUT2D eigenvalue weighted by Crippen LogP contribution is -2.28. The quantitative estimate of drug-likeness (QED) is 0.651. The van der Waals surface area contributed by atoms with E-state index in [1.54, 1.807) is 12.1 Å². The third-order valence-electron chi connectivity index (χ3n) is 2.11. The number of anilines is 1. The number of hydrogen-bond donors (Lipinski definition) is 3. The zero-order chi connectivity index (χ0) is 12.7. The van der Waals surface area contributed by atoms with Crippen LogP contribution in [0.25, 0.3) is 0 Å². The number of rotatable bonds is 6. The lowest BCUT2D eigenvalue weighted by atomic mass is 10.2. The third-order valence-corrected chi connectivity index (χ3v) is 2.11. The van der Waals surface area contributed by atoms with Crippen molar-refractivity contribution in [1.29, 1.82) is 0 Å². The third kappa shape index (κ3) is 4.65. The number of carbonyl (C=O) groups excluding carboxylic acids is 1. The fourth-order valence-corrected chi connectivity index (χ4v) is 1.31. The zero-order valence-corrected chi connectivity index (χ0v) is 9.69. The molecule has 1 aromatic rings. The number of carboxylic acids is 1. The molecule has 0 aliphatic carbocycles. The summed E-state index contributed by atoms with van der Waals surface area (Å²) in [4.78, 5) is 22.2. The standard InChI is InChI=1S/C12H16N2O3/c1-2-6-13-8-11(15)14-10-5-3-4-9(7-10)12(16)17/h3-5,7,13H,2,6,8H2,1H3,(H,14,15)(H,16,17). The first-order valence-corrected chi connectivity index (χ1v) is 5.47. The minimum atomic E-state index is -1.01. The van der Waals surface area contributed by atoms with Crippen molar-refractivity contribution in [3.05, 3.63) is 29.8 Å². The van der Waals surface area contributed by atoms with Crippen LogP contribution >= 0.6 is 0 Å². The molecule has 0 radical (unpaired) electrons. The largest absolute Gasteiger partial charge is 0.478 e. The fourth-order valence-electron chi connectivity index (χ4n) is 1.31. The second-order valence-corrected chi connectivity index (χ2v) is 3.61. The van der Waals surface area contributed by atoms with Gasteiger partial charge in [-0.1, -0.05) is 13.0 Å². The molecular formula is C12H16N2O3. The van der Waals surface area contributed by atoms with Gasteiger partial charge in [-0.3, -0.25) is 4.79 Å². The summed E-state index contributed by atoms with van der Waals surface area (Å²) >= 11 is 0. The van der Waals surface area contributed by atoms with Gasteiger partial charge in [0, 0.05) is 5.69 Å². The van der Waals surface area contributed by atoms with Crippen molar-refractivity contribution in [2.45, 2.75) is 13.3 Å². The lowest BCUT2D eigenvalue weighted by Gasteiger charge is -2.06. The van der Waals surface area contributed by atoms with Crippen LogP contribution in [0.5, 0.6) is 0 Å². The van der Waals surface area contributed by atoms with Crippen molar-refractivity contribution >= 4 is 17.6 Å². The van der Waals surface area contributed by atoms with Gasteiger partial charge in [0.25, 0.3) is 0 Å². The molecule has 0 saturated carbocycles. The smallest absolute Gasteiger partial charge is 0.335 e. The Balaban J connectivity index is 2.53. The molecule has 5 heteroatoms. The van der Waals surface area contributed by atoms with Crippen LogP contribution in [0.2, 0.25) is 0 Å². The molecule has 0 bridgehead atoms. The number of carboxylic acid groups (broad SMARTS) is 1. The Morgan fingerprint density at radius 1 is 1.35 bits per heavy atom. The highest BCUT2D eigenvalue weighted by molar-refractivity contribution is 5.94. The second-order valence-electron chi connectivity index (χ2n) is 3.61. The average Bonchev–Trinajstić information content (AvgIpc) is 2.29. The average molecular weight is 236 g/mol. The summed E-state index contributed by atoms with van der Waals surface area (Å²) in [6, 6.07) is 6.16. The van der Waals surface area contributed by atoms with Gasteiger partial charge < -0.3 is 15.7 Å². The van der Waals surface area contributed by atoms with E-state index < -0.39 is 5.97 Å². The van der Waals surface area contributed by atoms with Gasteiger partial charge in [-0.25, -0.2) is 4.79 Å². The van der Waals surface area contributed by atoms with Crippen LogP contribution in [0.3, 0.4) is 0 Å². The van der Waals surface area contributed by atoms with Crippen LogP contribution in [0.15, 0.2) is 24.3 Å². The Labute approximate surface area is 99.8 Å². The highest BCUT2D eigenvalue weighted by Crippen LogP contribution is 2.10. The second kappa shape index (κ2) is 6.65. The molecule has 5 nitrogen and oxygen atoms in total. The Kier molecular flexibility index (Phi) is 5.16. The summed E-state index contributed by atoms with van der Waals surface area (Å²) in [5.41, 5.74) is 0.650. The first-order valence-electron chi connectivity index (χ1n) is 5.47. The molecule has 1 rings (SSSR count). The number of amides is 1.